The van der Waals surface area contributed by atoms with E-state index in [1.54, 1.807) is 0 Å². The Balaban J connectivity index is 2.06. The average Bonchev–Trinajstić information content (AvgIpc) is 2.79. The molecule has 19 heavy (non-hydrogen) atoms. The Hall–Kier alpha value is -0.120. The summed E-state index contributed by atoms with van der Waals surface area (Å²) in [5.74, 6) is 1.52. The largest absolute Gasteiger partial charge is 0.329 e. The van der Waals surface area contributed by atoms with Gasteiger partial charge in [0.15, 0.2) is 0 Å². The molecule has 1 aliphatic carbocycles. The van der Waals surface area contributed by atoms with Crippen LogP contribution in [0.15, 0.2) is 0 Å². The quantitative estimate of drug-likeness (QED) is 0.847. The molecular weight excluding hydrogens is 234 g/mol. The average molecular weight is 267 g/mol. The second-order valence-corrected chi connectivity index (χ2v) is 7.12. The number of nitrogens with zero attached hydrogens (tertiary/aromatic N) is 2. The van der Waals surface area contributed by atoms with Crippen molar-refractivity contribution in [3.8, 4) is 0 Å². The molecule has 0 aromatic heterocycles. The van der Waals surface area contributed by atoms with Gasteiger partial charge in [0.05, 0.1) is 0 Å². The van der Waals surface area contributed by atoms with Crippen LogP contribution in [0, 0.1) is 11.8 Å². The Kier molecular flexibility index (Phi) is 4.91. The molecule has 1 saturated heterocycles. The molecule has 112 valence electrons. The standard InChI is InChI=1S/C16H33N3/c1-13-7-5-9-16(12-17,14(13)2)19(4)11-15-8-6-10-18(15)3/h13-15H,5-12,17H2,1-4H3. The van der Waals surface area contributed by atoms with Crippen molar-refractivity contribution in [2.45, 2.75) is 57.5 Å². The molecule has 4 atom stereocenters. The molecule has 0 radical (unpaired) electrons. The third-order valence-electron chi connectivity index (χ3n) is 6.24. The summed E-state index contributed by atoms with van der Waals surface area (Å²) in [6, 6.07) is 0.734. The van der Waals surface area contributed by atoms with Crippen LogP contribution in [0.4, 0.5) is 0 Å². The summed E-state index contributed by atoms with van der Waals surface area (Å²) in [6.07, 6.45) is 6.71. The van der Waals surface area contributed by atoms with Crippen LogP contribution in [-0.4, -0.2) is 55.1 Å². The van der Waals surface area contributed by atoms with Gasteiger partial charge in [0.2, 0.25) is 0 Å². The van der Waals surface area contributed by atoms with Gasteiger partial charge in [0.1, 0.15) is 0 Å². The monoisotopic (exact) mass is 267 g/mol. The van der Waals surface area contributed by atoms with Gasteiger partial charge >= 0.3 is 0 Å². The summed E-state index contributed by atoms with van der Waals surface area (Å²) in [5, 5.41) is 0. The van der Waals surface area contributed by atoms with Gasteiger partial charge in [-0.3, -0.25) is 4.90 Å². The fourth-order valence-electron chi connectivity index (χ4n) is 4.43. The first-order valence-corrected chi connectivity index (χ1v) is 8.13. The lowest BCUT2D eigenvalue weighted by Crippen LogP contribution is -2.61. The van der Waals surface area contributed by atoms with E-state index in [1.807, 2.05) is 0 Å². The molecule has 3 nitrogen and oxygen atoms in total. The third-order valence-corrected chi connectivity index (χ3v) is 6.24. The highest BCUT2D eigenvalue weighted by atomic mass is 15.3. The van der Waals surface area contributed by atoms with Crippen LogP contribution >= 0.6 is 0 Å². The maximum Gasteiger partial charge on any atom is 0.0357 e. The van der Waals surface area contributed by atoms with E-state index in [-0.39, 0.29) is 5.54 Å². The number of likely N-dealkylation sites (tertiary alicyclic amines) is 1. The zero-order chi connectivity index (χ0) is 14.0. The summed E-state index contributed by atoms with van der Waals surface area (Å²) in [4.78, 5) is 5.14. The zero-order valence-corrected chi connectivity index (χ0v) is 13.4. The van der Waals surface area contributed by atoms with E-state index in [0.29, 0.717) is 5.92 Å². The highest BCUT2D eigenvalue weighted by molar-refractivity contribution is 5.00. The minimum Gasteiger partial charge on any atom is -0.329 e. The van der Waals surface area contributed by atoms with Crippen LogP contribution in [0.1, 0.15) is 46.0 Å². The van der Waals surface area contributed by atoms with Crippen LogP contribution in [0.5, 0.6) is 0 Å². The van der Waals surface area contributed by atoms with E-state index in [1.165, 1.54) is 45.2 Å². The molecule has 2 fully saturated rings. The van der Waals surface area contributed by atoms with Crippen molar-refractivity contribution in [2.24, 2.45) is 17.6 Å². The first-order valence-electron chi connectivity index (χ1n) is 8.13. The summed E-state index contributed by atoms with van der Waals surface area (Å²) in [7, 11) is 4.58. The Bertz CT molecular complexity index is 294. The molecule has 0 amide bonds. The van der Waals surface area contributed by atoms with Crippen LogP contribution in [0.25, 0.3) is 0 Å². The van der Waals surface area contributed by atoms with E-state index < -0.39 is 0 Å². The summed E-state index contributed by atoms with van der Waals surface area (Å²) in [6.45, 7) is 8.09. The smallest absolute Gasteiger partial charge is 0.0357 e. The maximum absolute atomic E-state index is 6.25. The number of likely N-dealkylation sites (N-methyl/N-ethyl adjacent to an activating group) is 2. The molecule has 1 heterocycles. The van der Waals surface area contributed by atoms with Gasteiger partial charge in [-0.2, -0.15) is 0 Å². The molecule has 0 spiro atoms. The number of hydrogen-bond donors (Lipinski definition) is 1. The van der Waals surface area contributed by atoms with Gasteiger partial charge in [-0.1, -0.05) is 26.7 Å². The number of nitrogens with two attached hydrogens (primary N) is 1. The first-order chi connectivity index (χ1) is 9.01. The highest BCUT2D eigenvalue weighted by Gasteiger charge is 2.44. The Morgan fingerprint density at radius 2 is 2.00 bits per heavy atom. The van der Waals surface area contributed by atoms with Crippen molar-refractivity contribution in [2.75, 3.05) is 33.7 Å². The maximum atomic E-state index is 6.25. The van der Waals surface area contributed by atoms with Crippen LogP contribution in [0.3, 0.4) is 0 Å². The molecule has 3 heteroatoms. The molecule has 4 unspecified atom stereocenters. The second kappa shape index (κ2) is 6.11. The number of rotatable bonds is 4. The predicted octanol–water partition coefficient (Wildman–Crippen LogP) is 2.17. The van der Waals surface area contributed by atoms with Gasteiger partial charge < -0.3 is 10.6 Å². The molecular formula is C16H33N3. The van der Waals surface area contributed by atoms with E-state index in [2.05, 4.69) is 37.7 Å². The minimum absolute atomic E-state index is 0.237. The van der Waals surface area contributed by atoms with Crippen LogP contribution in [0.2, 0.25) is 0 Å². The number of hydrogen-bond acceptors (Lipinski definition) is 3. The Morgan fingerprint density at radius 3 is 2.58 bits per heavy atom. The van der Waals surface area contributed by atoms with Crippen molar-refractivity contribution in [1.29, 1.82) is 0 Å². The molecule has 2 rings (SSSR count). The molecule has 2 N–H and O–H groups in total. The van der Waals surface area contributed by atoms with Gasteiger partial charge in [-0.25, -0.2) is 0 Å². The summed E-state index contributed by atoms with van der Waals surface area (Å²) < 4.78 is 0. The second-order valence-electron chi connectivity index (χ2n) is 7.12. The van der Waals surface area contributed by atoms with E-state index in [9.17, 15) is 0 Å². The third kappa shape index (κ3) is 2.84. The van der Waals surface area contributed by atoms with Gasteiger partial charge in [-0.05, 0) is 51.7 Å². The molecule has 0 aromatic rings. The lowest BCUT2D eigenvalue weighted by Gasteiger charge is -2.52. The van der Waals surface area contributed by atoms with Gasteiger partial charge in [-0.15, -0.1) is 0 Å². The van der Waals surface area contributed by atoms with E-state index in [0.717, 1.165) is 18.5 Å². The zero-order valence-electron chi connectivity index (χ0n) is 13.4. The highest BCUT2D eigenvalue weighted by Crippen LogP contribution is 2.41. The Labute approximate surface area is 119 Å². The molecule has 0 aromatic carbocycles. The lowest BCUT2D eigenvalue weighted by molar-refractivity contribution is -0.00418. The molecule has 1 saturated carbocycles. The molecule has 0 bridgehead atoms. The summed E-state index contributed by atoms with van der Waals surface area (Å²) >= 11 is 0. The van der Waals surface area contributed by atoms with Crippen LogP contribution in [-0.2, 0) is 0 Å². The SMILES string of the molecule is CC1CCCC(CN)(N(C)CC2CCCN2C)C1C. The normalized spacial score (nSPS) is 41.1. The van der Waals surface area contributed by atoms with E-state index in [4.69, 9.17) is 5.73 Å². The fourth-order valence-corrected chi connectivity index (χ4v) is 4.43. The van der Waals surface area contributed by atoms with Crippen molar-refractivity contribution in [3.63, 3.8) is 0 Å². The van der Waals surface area contributed by atoms with E-state index >= 15 is 0 Å². The lowest BCUT2D eigenvalue weighted by atomic mass is 9.67. The summed E-state index contributed by atoms with van der Waals surface area (Å²) in [5.41, 5.74) is 6.48. The first kappa shape index (κ1) is 15.3. The Morgan fingerprint density at radius 1 is 1.26 bits per heavy atom. The fraction of sp³-hybridized carbons (Fsp3) is 1.00. The van der Waals surface area contributed by atoms with Crippen molar-refractivity contribution >= 4 is 0 Å². The van der Waals surface area contributed by atoms with Crippen molar-refractivity contribution in [3.05, 3.63) is 0 Å². The van der Waals surface area contributed by atoms with Gasteiger partial charge in [0.25, 0.3) is 0 Å². The minimum atomic E-state index is 0.237. The van der Waals surface area contributed by atoms with Crippen molar-refractivity contribution < 1.29 is 0 Å². The van der Waals surface area contributed by atoms with Crippen LogP contribution < -0.4 is 5.73 Å². The predicted molar refractivity (Wildman–Crippen MR) is 82.2 cm³/mol. The van der Waals surface area contributed by atoms with Gasteiger partial charge in [0, 0.05) is 24.7 Å². The molecule has 1 aliphatic heterocycles. The topological polar surface area (TPSA) is 32.5 Å². The van der Waals surface area contributed by atoms with Crippen molar-refractivity contribution in [1.82, 2.24) is 9.80 Å². The molecule has 2 aliphatic rings.